The monoisotopic (exact) mass is 295 g/mol. The van der Waals surface area contributed by atoms with Crippen LogP contribution < -0.4 is 5.32 Å². The first kappa shape index (κ1) is 14.6. The molecule has 1 N–H and O–H groups in total. The number of allylic oxidation sites excluding steroid dienone is 2. The smallest absolute Gasteiger partial charge is 0.223 e. The highest BCUT2D eigenvalue weighted by molar-refractivity contribution is 5.78. The Balaban J connectivity index is 1.49. The maximum Gasteiger partial charge on any atom is 0.223 e. The molecule has 4 heteroatoms. The van der Waals surface area contributed by atoms with Crippen molar-refractivity contribution in [2.75, 3.05) is 6.54 Å². The minimum absolute atomic E-state index is 0.141. The van der Waals surface area contributed by atoms with E-state index in [2.05, 4.69) is 34.7 Å². The summed E-state index contributed by atoms with van der Waals surface area (Å²) in [7, 11) is 0. The summed E-state index contributed by atoms with van der Waals surface area (Å²) in [5.74, 6) is 0.308. The van der Waals surface area contributed by atoms with Gasteiger partial charge in [0, 0.05) is 24.2 Å². The number of nitrogens with zero attached hydrogens (tertiary/aromatic N) is 2. The van der Waals surface area contributed by atoms with Gasteiger partial charge in [0.15, 0.2) is 0 Å². The van der Waals surface area contributed by atoms with E-state index >= 15 is 0 Å². The van der Waals surface area contributed by atoms with Crippen LogP contribution in [0, 0.1) is 5.92 Å². The van der Waals surface area contributed by atoms with Crippen LogP contribution in [-0.2, 0) is 11.3 Å². The van der Waals surface area contributed by atoms with Crippen LogP contribution in [0.3, 0.4) is 0 Å². The molecule has 0 bridgehead atoms. The topological polar surface area (TPSA) is 46.9 Å². The van der Waals surface area contributed by atoms with Crippen molar-refractivity contribution in [3.63, 3.8) is 0 Å². The average molecular weight is 295 g/mol. The SMILES string of the molecule is O=C(NCCn1cc(-c2ccccc2)cn1)C1CC=CCC1. The number of hydrogen-bond acceptors (Lipinski definition) is 2. The van der Waals surface area contributed by atoms with Gasteiger partial charge in [0.05, 0.1) is 12.7 Å². The Morgan fingerprint density at radius 3 is 2.86 bits per heavy atom. The lowest BCUT2D eigenvalue weighted by Crippen LogP contribution is -2.33. The summed E-state index contributed by atoms with van der Waals surface area (Å²) < 4.78 is 1.88. The Bertz CT molecular complexity index is 645. The second-order valence-corrected chi connectivity index (χ2v) is 5.63. The van der Waals surface area contributed by atoms with Crippen molar-refractivity contribution in [1.82, 2.24) is 15.1 Å². The molecular formula is C18H21N3O. The second-order valence-electron chi connectivity index (χ2n) is 5.63. The number of aromatic nitrogens is 2. The van der Waals surface area contributed by atoms with Gasteiger partial charge in [0.2, 0.25) is 5.91 Å². The summed E-state index contributed by atoms with van der Waals surface area (Å²) in [5.41, 5.74) is 2.26. The van der Waals surface area contributed by atoms with E-state index in [9.17, 15) is 4.79 Å². The number of amides is 1. The lowest BCUT2D eigenvalue weighted by atomic mass is 9.94. The van der Waals surface area contributed by atoms with E-state index in [0.29, 0.717) is 13.1 Å². The Morgan fingerprint density at radius 2 is 2.09 bits per heavy atom. The molecule has 1 amide bonds. The molecule has 1 aromatic heterocycles. The molecule has 2 aromatic rings. The Hall–Kier alpha value is -2.36. The van der Waals surface area contributed by atoms with Crippen LogP contribution in [-0.4, -0.2) is 22.2 Å². The third-order valence-electron chi connectivity index (χ3n) is 4.02. The highest BCUT2D eigenvalue weighted by atomic mass is 16.1. The molecular weight excluding hydrogens is 274 g/mol. The number of rotatable bonds is 5. The normalized spacial score (nSPS) is 17.4. The van der Waals surface area contributed by atoms with Gasteiger partial charge in [-0.1, -0.05) is 42.5 Å². The summed E-state index contributed by atoms with van der Waals surface area (Å²) in [6, 6.07) is 10.2. The molecule has 0 fully saturated rings. The van der Waals surface area contributed by atoms with Crippen LogP contribution in [0.15, 0.2) is 54.9 Å². The fraction of sp³-hybridized carbons (Fsp3) is 0.333. The third-order valence-corrected chi connectivity index (χ3v) is 4.02. The van der Waals surface area contributed by atoms with Crippen molar-refractivity contribution in [3.05, 3.63) is 54.9 Å². The number of hydrogen-bond donors (Lipinski definition) is 1. The van der Waals surface area contributed by atoms with Gasteiger partial charge >= 0.3 is 0 Å². The summed E-state index contributed by atoms with van der Waals surface area (Å²) >= 11 is 0. The number of nitrogens with one attached hydrogen (secondary N) is 1. The first-order chi connectivity index (χ1) is 10.8. The minimum atomic E-state index is 0.141. The fourth-order valence-corrected chi connectivity index (χ4v) is 2.74. The van der Waals surface area contributed by atoms with Crippen molar-refractivity contribution >= 4 is 5.91 Å². The lowest BCUT2D eigenvalue weighted by molar-refractivity contribution is -0.125. The van der Waals surface area contributed by atoms with E-state index < -0.39 is 0 Å². The maximum atomic E-state index is 12.0. The standard InChI is InChI=1S/C18H21N3O/c22-18(16-9-5-2-6-10-16)19-11-12-21-14-17(13-20-21)15-7-3-1-4-8-15/h1-5,7-8,13-14,16H,6,9-12H2,(H,19,22). The minimum Gasteiger partial charge on any atom is -0.354 e. The van der Waals surface area contributed by atoms with Gasteiger partial charge in [0.25, 0.3) is 0 Å². The molecule has 0 aliphatic heterocycles. The van der Waals surface area contributed by atoms with Gasteiger partial charge in [-0.05, 0) is 24.8 Å². The number of benzene rings is 1. The predicted octanol–water partition coefficient (Wildman–Crippen LogP) is 3.02. The first-order valence-corrected chi connectivity index (χ1v) is 7.83. The van der Waals surface area contributed by atoms with Crippen molar-refractivity contribution in [3.8, 4) is 11.1 Å². The zero-order valence-electron chi connectivity index (χ0n) is 12.6. The molecule has 0 radical (unpaired) electrons. The Labute approximate surface area is 130 Å². The van der Waals surface area contributed by atoms with Crippen molar-refractivity contribution in [2.45, 2.75) is 25.8 Å². The van der Waals surface area contributed by atoms with Crippen LogP contribution in [0.4, 0.5) is 0 Å². The van der Waals surface area contributed by atoms with Gasteiger partial charge in [-0.15, -0.1) is 0 Å². The van der Waals surface area contributed by atoms with Crippen LogP contribution in [0.25, 0.3) is 11.1 Å². The van der Waals surface area contributed by atoms with Crippen LogP contribution >= 0.6 is 0 Å². The summed E-state index contributed by atoms with van der Waals surface area (Å²) in [5, 5.41) is 7.37. The predicted molar refractivity (Wildman–Crippen MR) is 87.2 cm³/mol. The van der Waals surface area contributed by atoms with E-state index in [1.807, 2.05) is 35.3 Å². The summed E-state index contributed by atoms with van der Waals surface area (Å²) in [4.78, 5) is 12.0. The molecule has 0 saturated carbocycles. The van der Waals surface area contributed by atoms with Crippen LogP contribution in [0.2, 0.25) is 0 Å². The van der Waals surface area contributed by atoms with Crippen molar-refractivity contribution < 1.29 is 4.79 Å². The summed E-state index contributed by atoms with van der Waals surface area (Å²) in [6.45, 7) is 1.32. The average Bonchev–Trinajstić information content (AvgIpc) is 3.05. The molecule has 1 aromatic carbocycles. The molecule has 0 spiro atoms. The second kappa shape index (κ2) is 7.07. The molecule has 1 aliphatic rings. The lowest BCUT2D eigenvalue weighted by Gasteiger charge is -2.17. The third kappa shape index (κ3) is 3.64. The number of carbonyl (C=O) groups excluding carboxylic acids is 1. The van der Waals surface area contributed by atoms with Crippen molar-refractivity contribution in [2.24, 2.45) is 5.92 Å². The largest absolute Gasteiger partial charge is 0.354 e. The van der Waals surface area contributed by atoms with Crippen LogP contribution in [0.1, 0.15) is 19.3 Å². The van der Waals surface area contributed by atoms with E-state index in [0.717, 1.165) is 30.4 Å². The molecule has 114 valence electrons. The molecule has 1 heterocycles. The first-order valence-electron chi connectivity index (χ1n) is 7.83. The van der Waals surface area contributed by atoms with Crippen LogP contribution in [0.5, 0.6) is 0 Å². The molecule has 1 aliphatic carbocycles. The van der Waals surface area contributed by atoms with Crippen molar-refractivity contribution in [1.29, 1.82) is 0 Å². The zero-order valence-corrected chi connectivity index (χ0v) is 12.6. The molecule has 1 unspecified atom stereocenters. The van der Waals surface area contributed by atoms with Gasteiger partial charge in [-0.2, -0.15) is 5.10 Å². The molecule has 4 nitrogen and oxygen atoms in total. The molecule has 0 saturated heterocycles. The van der Waals surface area contributed by atoms with Gasteiger partial charge < -0.3 is 5.32 Å². The highest BCUT2D eigenvalue weighted by Gasteiger charge is 2.17. The molecule has 3 rings (SSSR count). The molecule has 22 heavy (non-hydrogen) atoms. The number of carbonyl (C=O) groups is 1. The highest BCUT2D eigenvalue weighted by Crippen LogP contribution is 2.18. The van der Waals surface area contributed by atoms with E-state index in [-0.39, 0.29) is 11.8 Å². The Kier molecular flexibility index (Phi) is 4.68. The van der Waals surface area contributed by atoms with E-state index in [1.165, 1.54) is 0 Å². The fourth-order valence-electron chi connectivity index (χ4n) is 2.74. The molecule has 1 atom stereocenters. The van der Waals surface area contributed by atoms with E-state index in [1.54, 1.807) is 0 Å². The maximum absolute atomic E-state index is 12.0. The van der Waals surface area contributed by atoms with Gasteiger partial charge in [0.1, 0.15) is 0 Å². The van der Waals surface area contributed by atoms with Gasteiger partial charge in [-0.25, -0.2) is 0 Å². The quantitative estimate of drug-likeness (QED) is 0.862. The summed E-state index contributed by atoms with van der Waals surface area (Å²) in [6.07, 6.45) is 11.0. The zero-order chi connectivity index (χ0) is 15.2. The Morgan fingerprint density at radius 1 is 1.23 bits per heavy atom. The van der Waals surface area contributed by atoms with E-state index in [4.69, 9.17) is 0 Å². The van der Waals surface area contributed by atoms with Gasteiger partial charge in [-0.3, -0.25) is 9.48 Å².